The minimum Gasteiger partial charge on any atom is -0.455 e. The van der Waals surface area contributed by atoms with Gasteiger partial charge in [-0.3, -0.25) is 0 Å². The van der Waals surface area contributed by atoms with E-state index in [-0.39, 0.29) is 0 Å². The average molecular weight is 652 g/mol. The lowest BCUT2D eigenvalue weighted by Gasteiger charge is -2.14. The van der Waals surface area contributed by atoms with Crippen molar-refractivity contribution in [3.63, 3.8) is 0 Å². The van der Waals surface area contributed by atoms with E-state index in [9.17, 15) is 0 Å². The molecule has 0 atom stereocenters. The van der Waals surface area contributed by atoms with Gasteiger partial charge in [0, 0.05) is 32.8 Å². The Bertz CT molecular complexity index is 2900. The van der Waals surface area contributed by atoms with Crippen LogP contribution in [0.5, 0.6) is 0 Å². The van der Waals surface area contributed by atoms with E-state index in [0.717, 1.165) is 71.5 Å². The summed E-state index contributed by atoms with van der Waals surface area (Å²) < 4.78 is 6.64. The van der Waals surface area contributed by atoms with Crippen molar-refractivity contribution < 1.29 is 4.42 Å². The lowest BCUT2D eigenvalue weighted by Crippen LogP contribution is -2.01. The van der Waals surface area contributed by atoms with Crippen LogP contribution in [0.4, 0.5) is 0 Å². The third kappa shape index (κ3) is 5.04. The zero-order chi connectivity index (χ0) is 33.7. The van der Waals surface area contributed by atoms with Crippen LogP contribution in [-0.2, 0) is 0 Å². The van der Waals surface area contributed by atoms with Gasteiger partial charge < -0.3 is 4.42 Å². The summed E-state index contributed by atoms with van der Waals surface area (Å²) in [4.78, 5) is 15.6. The van der Waals surface area contributed by atoms with Crippen LogP contribution in [0.2, 0.25) is 0 Å². The van der Waals surface area contributed by atoms with Crippen LogP contribution >= 0.6 is 0 Å². The predicted molar refractivity (Wildman–Crippen MR) is 209 cm³/mol. The highest BCUT2D eigenvalue weighted by Gasteiger charge is 2.21. The first kappa shape index (κ1) is 29.0. The van der Waals surface area contributed by atoms with Crippen molar-refractivity contribution in [2.75, 3.05) is 0 Å². The molecule has 4 nitrogen and oxygen atoms in total. The molecule has 2 heterocycles. The molecule has 51 heavy (non-hydrogen) atoms. The quantitative estimate of drug-likeness (QED) is 0.186. The van der Waals surface area contributed by atoms with Gasteiger partial charge in [0.15, 0.2) is 17.5 Å². The number of hydrogen-bond acceptors (Lipinski definition) is 4. The lowest BCUT2D eigenvalue weighted by molar-refractivity contribution is 0.673. The number of para-hydroxylation sites is 1. The van der Waals surface area contributed by atoms with Crippen LogP contribution < -0.4 is 0 Å². The summed E-state index contributed by atoms with van der Waals surface area (Å²) in [5, 5.41) is 6.44. The van der Waals surface area contributed by atoms with E-state index in [1.807, 2.05) is 24.3 Å². The summed E-state index contributed by atoms with van der Waals surface area (Å²) in [7, 11) is 0. The largest absolute Gasteiger partial charge is 0.455 e. The Balaban J connectivity index is 1.25. The maximum absolute atomic E-state index is 6.64. The standard InChI is InChI=1S/C47H29N3O/c1-3-12-30(13-4-1)32-22-25-34(26-23-32)45-48-46(36-27-24-31-14-7-8-17-35(31)28-36)50-47(49-45)41-29-40-38-18-9-10-21-42(38)51-44(40)43-37(19-11-20-39(41)43)33-15-5-2-6-16-33/h1-29H. The molecule has 0 fully saturated rings. The van der Waals surface area contributed by atoms with E-state index < -0.39 is 0 Å². The molecule has 0 aliphatic heterocycles. The Morgan fingerprint density at radius 2 is 0.922 bits per heavy atom. The van der Waals surface area contributed by atoms with Crippen LogP contribution in [0.1, 0.15) is 0 Å². The van der Waals surface area contributed by atoms with E-state index in [4.69, 9.17) is 19.4 Å². The zero-order valence-corrected chi connectivity index (χ0v) is 27.5. The Hall–Kier alpha value is -6.91. The van der Waals surface area contributed by atoms with Gasteiger partial charge in [-0.1, -0.05) is 158 Å². The second kappa shape index (κ2) is 11.9. The van der Waals surface area contributed by atoms with Crippen molar-refractivity contribution in [2.45, 2.75) is 0 Å². The van der Waals surface area contributed by atoms with E-state index in [1.54, 1.807) is 0 Å². The van der Waals surface area contributed by atoms with E-state index >= 15 is 0 Å². The second-order valence-electron chi connectivity index (χ2n) is 12.8. The summed E-state index contributed by atoms with van der Waals surface area (Å²) in [5.41, 5.74) is 9.00. The highest BCUT2D eigenvalue weighted by Crippen LogP contribution is 2.43. The minimum absolute atomic E-state index is 0.609. The van der Waals surface area contributed by atoms with Gasteiger partial charge in [-0.15, -0.1) is 0 Å². The molecule has 4 heteroatoms. The molecular formula is C47H29N3O. The Kier molecular flexibility index (Phi) is 6.78. The predicted octanol–water partition coefficient (Wildman–Crippen LogP) is 12.4. The molecule has 0 radical (unpaired) electrons. The summed E-state index contributed by atoms with van der Waals surface area (Å²) >= 11 is 0. The molecule has 0 spiro atoms. The number of hydrogen-bond donors (Lipinski definition) is 0. The molecular weight excluding hydrogens is 623 g/mol. The molecule has 10 aromatic rings. The zero-order valence-electron chi connectivity index (χ0n) is 27.5. The fourth-order valence-electron chi connectivity index (χ4n) is 7.21. The Labute approximate surface area is 294 Å². The van der Waals surface area contributed by atoms with Gasteiger partial charge in [0.05, 0.1) is 0 Å². The molecule has 0 unspecified atom stereocenters. The third-order valence-corrected chi connectivity index (χ3v) is 9.72. The molecule has 0 amide bonds. The van der Waals surface area contributed by atoms with Gasteiger partial charge in [0.2, 0.25) is 0 Å². The van der Waals surface area contributed by atoms with Gasteiger partial charge >= 0.3 is 0 Å². The molecule has 2 aromatic heterocycles. The molecule has 0 aliphatic carbocycles. The van der Waals surface area contributed by atoms with Gasteiger partial charge in [0.1, 0.15) is 11.2 Å². The van der Waals surface area contributed by atoms with Crippen LogP contribution in [0.15, 0.2) is 180 Å². The van der Waals surface area contributed by atoms with Gasteiger partial charge in [-0.2, -0.15) is 0 Å². The van der Waals surface area contributed by atoms with E-state index in [0.29, 0.717) is 17.5 Å². The first-order chi connectivity index (χ1) is 25.3. The number of aromatic nitrogens is 3. The highest BCUT2D eigenvalue weighted by atomic mass is 16.3. The van der Waals surface area contributed by atoms with E-state index in [2.05, 4.69) is 152 Å². The molecule has 0 bridgehead atoms. The fraction of sp³-hybridized carbons (Fsp3) is 0. The first-order valence-corrected chi connectivity index (χ1v) is 17.1. The van der Waals surface area contributed by atoms with Gasteiger partial charge in [0.25, 0.3) is 0 Å². The van der Waals surface area contributed by atoms with Gasteiger partial charge in [-0.05, 0) is 56.6 Å². The first-order valence-electron chi connectivity index (χ1n) is 17.1. The normalized spacial score (nSPS) is 11.5. The number of rotatable bonds is 5. The molecule has 0 aliphatic rings. The van der Waals surface area contributed by atoms with Crippen molar-refractivity contribution in [3.8, 4) is 56.4 Å². The van der Waals surface area contributed by atoms with Crippen LogP contribution in [0.25, 0.3) is 99.9 Å². The van der Waals surface area contributed by atoms with Crippen molar-refractivity contribution >= 4 is 43.5 Å². The lowest BCUT2D eigenvalue weighted by atomic mass is 9.93. The maximum Gasteiger partial charge on any atom is 0.164 e. The Morgan fingerprint density at radius 1 is 0.333 bits per heavy atom. The summed E-state index contributed by atoms with van der Waals surface area (Å²) in [6.45, 7) is 0. The van der Waals surface area contributed by atoms with Crippen LogP contribution in [0, 0.1) is 0 Å². The monoisotopic (exact) mass is 651 g/mol. The van der Waals surface area contributed by atoms with Crippen LogP contribution in [-0.4, -0.2) is 15.0 Å². The van der Waals surface area contributed by atoms with Crippen molar-refractivity contribution in [2.24, 2.45) is 0 Å². The summed E-state index contributed by atoms with van der Waals surface area (Å²) in [6.07, 6.45) is 0. The number of fused-ring (bicyclic) bond motifs is 6. The number of nitrogens with zero attached hydrogens (tertiary/aromatic N) is 3. The minimum atomic E-state index is 0.609. The van der Waals surface area contributed by atoms with Crippen molar-refractivity contribution in [1.82, 2.24) is 15.0 Å². The average Bonchev–Trinajstić information content (AvgIpc) is 3.59. The van der Waals surface area contributed by atoms with Crippen molar-refractivity contribution in [1.29, 1.82) is 0 Å². The number of benzene rings is 8. The molecule has 0 N–H and O–H groups in total. The SMILES string of the molecule is c1ccc(-c2ccc(-c3nc(-c4ccc5ccccc5c4)nc(-c4cc5c6ccccc6oc5c5c(-c6ccccc6)cccc45)n3)cc2)cc1. The molecule has 8 aromatic carbocycles. The van der Waals surface area contributed by atoms with E-state index in [1.165, 1.54) is 10.9 Å². The van der Waals surface area contributed by atoms with Crippen molar-refractivity contribution in [3.05, 3.63) is 176 Å². The number of furan rings is 1. The molecule has 0 saturated heterocycles. The molecule has 0 saturated carbocycles. The smallest absolute Gasteiger partial charge is 0.164 e. The summed E-state index contributed by atoms with van der Waals surface area (Å²) in [6, 6.07) is 61.0. The molecule has 238 valence electrons. The summed E-state index contributed by atoms with van der Waals surface area (Å²) in [5.74, 6) is 1.85. The highest BCUT2D eigenvalue weighted by molar-refractivity contribution is 6.22. The fourth-order valence-corrected chi connectivity index (χ4v) is 7.21. The molecule has 10 rings (SSSR count). The topological polar surface area (TPSA) is 51.8 Å². The maximum atomic E-state index is 6.64. The Morgan fingerprint density at radius 3 is 1.73 bits per heavy atom. The third-order valence-electron chi connectivity index (χ3n) is 9.72. The second-order valence-corrected chi connectivity index (χ2v) is 12.8. The van der Waals surface area contributed by atoms with Crippen LogP contribution in [0.3, 0.4) is 0 Å². The van der Waals surface area contributed by atoms with Gasteiger partial charge in [-0.25, -0.2) is 15.0 Å².